The number of H-pyrrole nitrogens is 1. The predicted molar refractivity (Wildman–Crippen MR) is 91.6 cm³/mol. The third kappa shape index (κ3) is 3.37. The first-order valence-corrected chi connectivity index (χ1v) is 8.32. The fraction of sp³-hybridized carbons (Fsp3) is 0.444. The molecule has 126 valence electrons. The molecule has 0 atom stereocenters. The maximum Gasteiger partial charge on any atom is 0.255 e. The van der Waals surface area contributed by atoms with Gasteiger partial charge >= 0.3 is 0 Å². The summed E-state index contributed by atoms with van der Waals surface area (Å²) < 4.78 is 0. The molecule has 0 aromatic carbocycles. The van der Waals surface area contributed by atoms with E-state index in [9.17, 15) is 9.59 Å². The highest BCUT2D eigenvalue weighted by Gasteiger charge is 2.24. The van der Waals surface area contributed by atoms with Gasteiger partial charge in [0.05, 0.1) is 6.42 Å². The maximum atomic E-state index is 12.5. The highest BCUT2D eigenvalue weighted by atomic mass is 16.2. The van der Waals surface area contributed by atoms with Gasteiger partial charge in [-0.05, 0) is 31.9 Å². The van der Waals surface area contributed by atoms with Gasteiger partial charge in [0.25, 0.3) is 5.56 Å². The number of nitrogens with one attached hydrogen (secondary N) is 1. The minimum absolute atomic E-state index is 0.0218. The SMILES string of the molecule is Cc1nc(-c2cccnc2)[nH]c(=O)c1CC(=O)N(C)C1CCCC1. The van der Waals surface area contributed by atoms with Crippen LogP contribution in [0.4, 0.5) is 0 Å². The molecule has 2 aromatic rings. The first kappa shape index (κ1) is 16.4. The number of aryl methyl sites for hydroxylation is 1. The quantitative estimate of drug-likeness (QED) is 0.933. The summed E-state index contributed by atoms with van der Waals surface area (Å²) in [6.07, 6.45) is 7.85. The second-order valence-corrected chi connectivity index (χ2v) is 6.34. The van der Waals surface area contributed by atoms with Crippen LogP contribution in [-0.2, 0) is 11.2 Å². The van der Waals surface area contributed by atoms with Gasteiger partial charge in [-0.15, -0.1) is 0 Å². The first-order chi connectivity index (χ1) is 11.6. The average molecular weight is 326 g/mol. The van der Waals surface area contributed by atoms with Gasteiger partial charge in [-0.3, -0.25) is 14.6 Å². The Bertz CT molecular complexity index is 779. The number of nitrogens with zero attached hydrogens (tertiary/aromatic N) is 3. The summed E-state index contributed by atoms with van der Waals surface area (Å²) in [5.74, 6) is 0.456. The summed E-state index contributed by atoms with van der Waals surface area (Å²) in [6.45, 7) is 1.77. The monoisotopic (exact) mass is 326 g/mol. The van der Waals surface area contributed by atoms with Crippen molar-refractivity contribution in [3.8, 4) is 11.4 Å². The Labute approximate surface area is 141 Å². The molecular formula is C18H22N4O2. The van der Waals surface area contributed by atoms with Crippen LogP contribution in [0.25, 0.3) is 11.4 Å². The molecule has 0 spiro atoms. The second kappa shape index (κ2) is 6.95. The van der Waals surface area contributed by atoms with Crippen LogP contribution >= 0.6 is 0 Å². The summed E-state index contributed by atoms with van der Waals surface area (Å²) >= 11 is 0. The number of likely N-dealkylation sites (N-methyl/N-ethyl adjacent to an activating group) is 1. The molecular weight excluding hydrogens is 304 g/mol. The third-order valence-electron chi connectivity index (χ3n) is 4.75. The fourth-order valence-electron chi connectivity index (χ4n) is 3.23. The van der Waals surface area contributed by atoms with Gasteiger partial charge < -0.3 is 9.88 Å². The van der Waals surface area contributed by atoms with Gasteiger partial charge in [0.15, 0.2) is 0 Å². The number of hydrogen-bond donors (Lipinski definition) is 1. The zero-order valence-electron chi connectivity index (χ0n) is 14.1. The topological polar surface area (TPSA) is 79.0 Å². The number of pyridine rings is 1. The second-order valence-electron chi connectivity index (χ2n) is 6.34. The summed E-state index contributed by atoms with van der Waals surface area (Å²) in [7, 11) is 1.83. The molecule has 0 unspecified atom stereocenters. The summed E-state index contributed by atoms with van der Waals surface area (Å²) in [5.41, 5.74) is 1.52. The lowest BCUT2D eigenvalue weighted by atomic mass is 10.1. The van der Waals surface area contributed by atoms with Crippen molar-refractivity contribution in [2.75, 3.05) is 7.05 Å². The van der Waals surface area contributed by atoms with Crippen molar-refractivity contribution >= 4 is 5.91 Å². The minimum atomic E-state index is -0.255. The molecule has 1 N–H and O–H groups in total. The Kier molecular flexibility index (Phi) is 4.74. The summed E-state index contributed by atoms with van der Waals surface area (Å²) in [4.78, 5) is 38.0. The number of rotatable bonds is 4. The van der Waals surface area contributed by atoms with Gasteiger partial charge in [-0.25, -0.2) is 4.98 Å². The Hall–Kier alpha value is -2.50. The number of aromatic amines is 1. The Morgan fingerprint density at radius 3 is 2.75 bits per heavy atom. The van der Waals surface area contributed by atoms with E-state index in [0.29, 0.717) is 23.1 Å². The fourth-order valence-corrected chi connectivity index (χ4v) is 3.23. The molecule has 0 bridgehead atoms. The van der Waals surface area contributed by atoms with E-state index in [0.717, 1.165) is 18.4 Å². The molecule has 2 aromatic heterocycles. The number of carbonyl (C=O) groups excluding carboxylic acids is 1. The van der Waals surface area contributed by atoms with Crippen molar-refractivity contribution < 1.29 is 4.79 Å². The van der Waals surface area contributed by atoms with E-state index in [1.165, 1.54) is 12.8 Å². The minimum Gasteiger partial charge on any atom is -0.342 e. The molecule has 1 aliphatic carbocycles. The molecule has 0 radical (unpaired) electrons. The highest BCUT2D eigenvalue weighted by Crippen LogP contribution is 2.23. The van der Waals surface area contributed by atoms with Crippen LogP contribution in [0.1, 0.15) is 36.9 Å². The van der Waals surface area contributed by atoms with E-state index in [1.807, 2.05) is 13.1 Å². The van der Waals surface area contributed by atoms with Gasteiger partial charge in [-0.1, -0.05) is 12.8 Å². The highest BCUT2D eigenvalue weighted by molar-refractivity contribution is 5.79. The van der Waals surface area contributed by atoms with Crippen molar-refractivity contribution in [3.63, 3.8) is 0 Å². The van der Waals surface area contributed by atoms with Crippen molar-refractivity contribution in [2.24, 2.45) is 0 Å². The number of hydrogen-bond acceptors (Lipinski definition) is 4. The van der Waals surface area contributed by atoms with Crippen molar-refractivity contribution in [1.29, 1.82) is 0 Å². The third-order valence-corrected chi connectivity index (χ3v) is 4.75. The van der Waals surface area contributed by atoms with Crippen molar-refractivity contribution in [1.82, 2.24) is 19.9 Å². The average Bonchev–Trinajstić information content (AvgIpc) is 3.12. The van der Waals surface area contributed by atoms with Crippen molar-refractivity contribution in [2.45, 2.75) is 45.1 Å². The zero-order valence-corrected chi connectivity index (χ0v) is 14.1. The molecule has 0 saturated heterocycles. The van der Waals surface area contributed by atoms with Crippen LogP contribution in [0.3, 0.4) is 0 Å². The summed E-state index contributed by atoms with van der Waals surface area (Å²) in [6, 6.07) is 3.93. The van der Waals surface area contributed by atoms with Gasteiger partial charge in [0.2, 0.25) is 5.91 Å². The molecule has 1 amide bonds. The van der Waals surface area contributed by atoms with E-state index < -0.39 is 0 Å². The van der Waals surface area contributed by atoms with Crippen LogP contribution in [0.2, 0.25) is 0 Å². The lowest BCUT2D eigenvalue weighted by molar-refractivity contribution is -0.131. The first-order valence-electron chi connectivity index (χ1n) is 8.32. The number of carbonyl (C=O) groups is 1. The lowest BCUT2D eigenvalue weighted by Crippen LogP contribution is -2.37. The van der Waals surface area contributed by atoms with Gasteiger partial charge in [0.1, 0.15) is 5.82 Å². The van der Waals surface area contributed by atoms with Crippen LogP contribution < -0.4 is 5.56 Å². The predicted octanol–water partition coefficient (Wildman–Crippen LogP) is 2.08. The zero-order chi connectivity index (χ0) is 17.1. The number of aromatic nitrogens is 3. The van der Waals surface area contributed by atoms with E-state index in [4.69, 9.17) is 0 Å². The summed E-state index contributed by atoms with van der Waals surface area (Å²) in [5, 5.41) is 0. The van der Waals surface area contributed by atoms with Crippen LogP contribution in [-0.4, -0.2) is 38.8 Å². The Morgan fingerprint density at radius 2 is 2.12 bits per heavy atom. The molecule has 2 heterocycles. The molecule has 6 heteroatoms. The number of amides is 1. The van der Waals surface area contributed by atoms with E-state index in [2.05, 4.69) is 15.0 Å². The Balaban J connectivity index is 1.81. The maximum absolute atomic E-state index is 12.5. The molecule has 1 aliphatic rings. The van der Waals surface area contributed by atoms with E-state index in [-0.39, 0.29) is 17.9 Å². The molecule has 3 rings (SSSR count). The van der Waals surface area contributed by atoms with Crippen LogP contribution in [0.15, 0.2) is 29.3 Å². The molecule has 1 saturated carbocycles. The Morgan fingerprint density at radius 1 is 1.38 bits per heavy atom. The van der Waals surface area contributed by atoms with Gasteiger partial charge in [0, 0.05) is 42.3 Å². The van der Waals surface area contributed by atoms with E-state index >= 15 is 0 Å². The standard InChI is InChI=1S/C18H22N4O2/c1-12-15(10-16(23)22(2)14-7-3-4-8-14)18(24)21-17(20-12)13-6-5-9-19-11-13/h5-6,9,11,14H,3-4,7-8,10H2,1-2H3,(H,20,21,24). The lowest BCUT2D eigenvalue weighted by Gasteiger charge is -2.24. The van der Waals surface area contributed by atoms with Gasteiger partial charge in [-0.2, -0.15) is 0 Å². The van der Waals surface area contributed by atoms with Crippen LogP contribution in [0, 0.1) is 6.92 Å². The molecule has 0 aliphatic heterocycles. The molecule has 6 nitrogen and oxygen atoms in total. The molecule has 24 heavy (non-hydrogen) atoms. The van der Waals surface area contributed by atoms with E-state index in [1.54, 1.807) is 30.3 Å². The normalized spacial score (nSPS) is 14.8. The molecule has 1 fully saturated rings. The smallest absolute Gasteiger partial charge is 0.255 e. The van der Waals surface area contributed by atoms with Crippen LogP contribution in [0.5, 0.6) is 0 Å². The largest absolute Gasteiger partial charge is 0.342 e. The van der Waals surface area contributed by atoms with Crippen molar-refractivity contribution in [3.05, 3.63) is 46.1 Å².